The topological polar surface area (TPSA) is 52.3 Å². The van der Waals surface area contributed by atoms with Crippen molar-refractivity contribution >= 4 is 28.6 Å². The minimum absolute atomic E-state index is 0.133. The highest BCUT2D eigenvalue weighted by Gasteiger charge is 2.86. The average Bonchev–Trinajstić information content (AvgIpc) is 3.27. The molecule has 0 aromatic heterocycles. The van der Waals surface area contributed by atoms with E-state index >= 15 is 0 Å². The van der Waals surface area contributed by atoms with E-state index in [1.165, 1.54) is 11.1 Å². The van der Waals surface area contributed by atoms with Crippen LogP contribution >= 0.6 is 0 Å². The van der Waals surface area contributed by atoms with Crippen LogP contribution in [0.4, 0.5) is 4.39 Å². The molecule has 0 radical (unpaired) electrons. The van der Waals surface area contributed by atoms with Crippen molar-refractivity contribution in [3.63, 3.8) is 0 Å². The minimum Gasteiger partial charge on any atom is -0.454 e. The normalized spacial score (nSPS) is 39.0. The summed E-state index contributed by atoms with van der Waals surface area (Å²) in [6, 6.07) is 3.61. The van der Waals surface area contributed by atoms with Gasteiger partial charge in [-0.25, -0.2) is 4.39 Å². The zero-order valence-electron chi connectivity index (χ0n) is 17.5. The summed E-state index contributed by atoms with van der Waals surface area (Å²) >= 11 is 0. The first kappa shape index (κ1) is 18.8. The van der Waals surface area contributed by atoms with Crippen LogP contribution in [0.3, 0.4) is 0 Å². The third-order valence-electron chi connectivity index (χ3n) is 8.65. The molecular formula is C22H30FNO2Si2. The van der Waals surface area contributed by atoms with E-state index in [1.807, 2.05) is 6.07 Å². The van der Waals surface area contributed by atoms with Crippen LogP contribution in [0.25, 0.3) is 6.08 Å². The zero-order chi connectivity index (χ0) is 20.3. The lowest BCUT2D eigenvalue weighted by atomic mass is 9.71. The molecule has 3 nitrogen and oxygen atoms in total. The average molecular weight is 416 g/mol. The Labute approximate surface area is 168 Å². The molecule has 3 aliphatic carbocycles. The lowest BCUT2D eigenvalue weighted by Gasteiger charge is -2.53. The fourth-order valence-corrected chi connectivity index (χ4v) is 23.2. The minimum atomic E-state index is -2.42. The van der Waals surface area contributed by atoms with Crippen molar-refractivity contribution in [3.8, 4) is 0 Å². The molecule has 2 bridgehead atoms. The number of allylic oxidation sites excluding steroid dienone is 1. The van der Waals surface area contributed by atoms with Crippen LogP contribution in [0.5, 0.6) is 0 Å². The summed E-state index contributed by atoms with van der Waals surface area (Å²) in [5, 5.41) is -0.933. The Morgan fingerprint density at radius 1 is 1.18 bits per heavy atom. The number of hydrogen-bond donors (Lipinski definition) is 1. The van der Waals surface area contributed by atoms with E-state index in [0.29, 0.717) is 18.3 Å². The molecule has 1 aromatic carbocycles. The van der Waals surface area contributed by atoms with Gasteiger partial charge in [0.05, 0.1) is 5.04 Å². The largest absolute Gasteiger partial charge is 0.454 e. The first-order chi connectivity index (χ1) is 13.0. The predicted octanol–water partition coefficient (Wildman–Crippen LogP) is 4.66. The van der Waals surface area contributed by atoms with Gasteiger partial charge in [0.25, 0.3) is 0 Å². The van der Waals surface area contributed by atoms with Gasteiger partial charge in [0.2, 0.25) is 5.91 Å². The predicted molar refractivity (Wildman–Crippen MR) is 114 cm³/mol. The fraction of sp³-hybridized carbons (Fsp3) is 0.591. The number of hydrogen-bond acceptors (Lipinski definition) is 2. The monoisotopic (exact) mass is 415 g/mol. The second-order valence-electron chi connectivity index (χ2n) is 10.5. The molecule has 1 aromatic rings. The van der Waals surface area contributed by atoms with Gasteiger partial charge in [-0.2, -0.15) is 0 Å². The van der Waals surface area contributed by atoms with Gasteiger partial charge >= 0.3 is 0 Å². The quantitative estimate of drug-likeness (QED) is 0.714. The third-order valence-corrected chi connectivity index (χ3v) is 18.9. The Morgan fingerprint density at radius 2 is 1.86 bits per heavy atom. The van der Waals surface area contributed by atoms with Gasteiger partial charge in [-0.05, 0) is 93.4 Å². The Kier molecular flexibility index (Phi) is 3.53. The van der Waals surface area contributed by atoms with E-state index in [1.54, 1.807) is 6.07 Å². The van der Waals surface area contributed by atoms with E-state index in [9.17, 15) is 9.18 Å². The number of halogens is 1. The highest BCUT2D eigenvalue weighted by atomic mass is 28.4. The van der Waals surface area contributed by atoms with Gasteiger partial charge in [0.1, 0.15) is 5.82 Å². The SMILES string of the molecule is CC1=Cc2c(C34C5CCC(C5)C3(C(N)=O)[Si](C)(C)O[Si]4(C)C)ccc(F)c2C1. The van der Waals surface area contributed by atoms with Crippen molar-refractivity contribution in [2.24, 2.45) is 17.6 Å². The Balaban J connectivity index is 1.92. The number of nitrogens with two attached hydrogens (primary N) is 1. The maximum atomic E-state index is 14.7. The molecule has 2 N–H and O–H groups in total. The van der Waals surface area contributed by atoms with Crippen molar-refractivity contribution in [2.75, 3.05) is 0 Å². The highest BCUT2D eigenvalue weighted by molar-refractivity contribution is 6.96. The van der Waals surface area contributed by atoms with Crippen molar-refractivity contribution in [1.82, 2.24) is 0 Å². The zero-order valence-corrected chi connectivity index (χ0v) is 19.5. The maximum Gasteiger partial charge on any atom is 0.224 e. The summed E-state index contributed by atoms with van der Waals surface area (Å²) in [6.07, 6.45) is 6.06. The molecule has 1 heterocycles. The van der Waals surface area contributed by atoms with Crippen LogP contribution < -0.4 is 5.73 Å². The summed E-state index contributed by atoms with van der Waals surface area (Å²) < 4.78 is 21.7. The maximum absolute atomic E-state index is 14.7. The first-order valence-corrected chi connectivity index (χ1v) is 16.3. The van der Waals surface area contributed by atoms with Crippen LogP contribution in [-0.2, 0) is 20.4 Å². The summed E-state index contributed by atoms with van der Waals surface area (Å²) in [7, 11) is -4.78. The molecular weight excluding hydrogens is 385 g/mol. The van der Waals surface area contributed by atoms with Gasteiger partial charge in [0, 0.05) is 5.04 Å². The Bertz CT molecular complexity index is 956. The molecule has 4 atom stereocenters. The highest BCUT2D eigenvalue weighted by Crippen LogP contribution is 2.80. The van der Waals surface area contributed by atoms with Gasteiger partial charge in [-0.15, -0.1) is 0 Å². The summed E-state index contributed by atoms with van der Waals surface area (Å²) in [4.78, 5) is 13.4. The first-order valence-electron chi connectivity index (χ1n) is 10.5. The van der Waals surface area contributed by atoms with Crippen LogP contribution in [0.1, 0.15) is 42.9 Å². The van der Waals surface area contributed by atoms with Crippen LogP contribution in [0.15, 0.2) is 17.7 Å². The number of benzene rings is 1. The standard InChI is InChI=1S/C22H30FNO2Si2/c1-13-10-16-17(11-13)19(23)9-8-18(16)21-14-6-7-15(12-14)22(21,20(24)25)28(4,5)26-27(21,2)3/h8-10,14-15H,6-7,11-12H2,1-5H3,(H2,24,25). The van der Waals surface area contributed by atoms with Gasteiger partial charge in [-0.1, -0.05) is 17.7 Å². The van der Waals surface area contributed by atoms with Crippen molar-refractivity contribution in [1.29, 1.82) is 0 Å². The van der Waals surface area contributed by atoms with Gasteiger partial charge in [0.15, 0.2) is 16.6 Å². The van der Waals surface area contributed by atoms with E-state index in [2.05, 4.69) is 39.2 Å². The van der Waals surface area contributed by atoms with Gasteiger partial charge < -0.3 is 9.85 Å². The number of amides is 1. The number of primary amides is 1. The molecule has 1 saturated heterocycles. The van der Waals surface area contributed by atoms with E-state index in [-0.39, 0.29) is 16.8 Å². The number of fused-ring (bicyclic) bond motifs is 6. The van der Waals surface area contributed by atoms with Gasteiger partial charge in [-0.3, -0.25) is 4.79 Å². The van der Waals surface area contributed by atoms with Crippen LogP contribution in [0.2, 0.25) is 31.2 Å². The molecule has 0 spiro atoms. The summed E-state index contributed by atoms with van der Waals surface area (Å²) in [5.41, 5.74) is 10.5. The van der Waals surface area contributed by atoms with E-state index < -0.39 is 21.7 Å². The molecule has 3 fully saturated rings. The van der Waals surface area contributed by atoms with Crippen molar-refractivity contribution < 1.29 is 13.3 Å². The Morgan fingerprint density at radius 3 is 2.54 bits per heavy atom. The van der Waals surface area contributed by atoms with E-state index in [4.69, 9.17) is 9.85 Å². The van der Waals surface area contributed by atoms with Crippen molar-refractivity contribution in [2.45, 2.75) is 68.9 Å². The molecule has 150 valence electrons. The molecule has 5 rings (SSSR count). The molecule has 1 amide bonds. The lowest BCUT2D eigenvalue weighted by molar-refractivity contribution is -0.123. The smallest absolute Gasteiger partial charge is 0.224 e. The molecule has 4 unspecified atom stereocenters. The van der Waals surface area contributed by atoms with Crippen molar-refractivity contribution in [3.05, 3.63) is 40.2 Å². The third kappa shape index (κ3) is 1.73. The summed E-state index contributed by atoms with van der Waals surface area (Å²) in [6.45, 7) is 11.1. The Hall–Kier alpha value is -1.25. The number of carbonyl (C=O) groups is 1. The second-order valence-corrected chi connectivity index (χ2v) is 18.9. The van der Waals surface area contributed by atoms with Crippen LogP contribution in [0, 0.1) is 17.7 Å². The van der Waals surface area contributed by atoms with E-state index in [0.717, 1.165) is 30.4 Å². The molecule has 28 heavy (non-hydrogen) atoms. The molecule has 4 aliphatic rings. The second kappa shape index (κ2) is 5.26. The molecule has 2 saturated carbocycles. The number of carbonyl (C=O) groups excluding carboxylic acids is 1. The lowest BCUT2D eigenvalue weighted by Crippen LogP contribution is -2.63. The van der Waals surface area contributed by atoms with Crippen LogP contribution in [-0.4, -0.2) is 22.5 Å². The summed E-state index contributed by atoms with van der Waals surface area (Å²) in [5.74, 6) is 0.417. The molecule has 6 heteroatoms. The molecule has 1 aliphatic heterocycles. The number of rotatable bonds is 2. The fourth-order valence-electron chi connectivity index (χ4n) is 8.50.